The molecule has 0 aromatic rings. The van der Waals surface area contributed by atoms with Crippen molar-refractivity contribution in [1.29, 1.82) is 0 Å². The monoisotopic (exact) mass is 1080 g/mol. The minimum absolute atomic E-state index is 0.0300. The van der Waals surface area contributed by atoms with Gasteiger partial charge in [-0.15, -0.1) is 0 Å². The molecule has 12 heteroatoms. The Morgan fingerprint density at radius 2 is 0.711 bits per heavy atom. The van der Waals surface area contributed by atoms with Gasteiger partial charge in [0, 0.05) is 19.3 Å². The summed E-state index contributed by atoms with van der Waals surface area (Å²) in [4.78, 5) is 48.5. The zero-order chi connectivity index (χ0) is 55.5. The van der Waals surface area contributed by atoms with E-state index in [4.69, 9.17) is 23.3 Å². The molecule has 428 valence electrons. The lowest BCUT2D eigenvalue weighted by atomic mass is 10.1. The SMILES string of the molecule is CC/C=C\C/C=C\C/C=C\C/C=C\C/C=C\C/C=C\CCC(=O)OC(COC(=O)CCCCCCC/C=C\CCCC)COP(=O)(O)OCC(CO)OC(=O)CCCCC/C=C\C/C=C\C/C=C\C/C=C\C/C=C\CC. The number of aliphatic hydroxyl groups excluding tert-OH is 1. The largest absolute Gasteiger partial charge is 0.472 e. The van der Waals surface area contributed by atoms with Crippen LogP contribution in [0.25, 0.3) is 0 Å². The van der Waals surface area contributed by atoms with Crippen molar-refractivity contribution in [3.63, 3.8) is 0 Å². The highest BCUT2D eigenvalue weighted by molar-refractivity contribution is 7.47. The third-order valence-electron chi connectivity index (χ3n) is 11.2. The first-order chi connectivity index (χ1) is 37.2. The Morgan fingerprint density at radius 3 is 1.16 bits per heavy atom. The van der Waals surface area contributed by atoms with Gasteiger partial charge in [-0.25, -0.2) is 4.57 Å². The number of ether oxygens (including phenoxy) is 3. The first-order valence-corrected chi connectivity index (χ1v) is 30.2. The van der Waals surface area contributed by atoms with E-state index in [1.807, 2.05) is 12.2 Å². The molecule has 0 aliphatic rings. The van der Waals surface area contributed by atoms with Gasteiger partial charge in [-0.05, 0) is 122 Å². The molecule has 76 heavy (non-hydrogen) atoms. The molecule has 0 amide bonds. The molecule has 0 heterocycles. The average Bonchev–Trinajstić information content (AvgIpc) is 3.41. The van der Waals surface area contributed by atoms with Gasteiger partial charge in [0.1, 0.15) is 12.7 Å². The maximum absolute atomic E-state index is 12.9. The van der Waals surface area contributed by atoms with Crippen LogP contribution in [0.15, 0.2) is 146 Å². The lowest BCUT2D eigenvalue weighted by Crippen LogP contribution is -2.30. The van der Waals surface area contributed by atoms with E-state index >= 15 is 0 Å². The Balaban J connectivity index is 4.84. The summed E-state index contributed by atoms with van der Waals surface area (Å²) in [5.74, 6) is -1.63. The highest BCUT2D eigenvalue weighted by atomic mass is 31.2. The number of unbranched alkanes of at least 4 members (excludes halogenated alkanes) is 10. The van der Waals surface area contributed by atoms with Crippen LogP contribution in [-0.4, -0.2) is 66.5 Å². The van der Waals surface area contributed by atoms with Gasteiger partial charge in [0.25, 0.3) is 0 Å². The summed E-state index contributed by atoms with van der Waals surface area (Å²) in [6.45, 7) is 4.21. The van der Waals surface area contributed by atoms with Gasteiger partial charge in [0.15, 0.2) is 6.10 Å². The molecule has 0 fully saturated rings. The van der Waals surface area contributed by atoms with Gasteiger partial charge in [0.05, 0.1) is 19.8 Å². The number of aliphatic hydroxyl groups is 1. The summed E-state index contributed by atoms with van der Waals surface area (Å²) in [6, 6.07) is 0. The van der Waals surface area contributed by atoms with Crippen LogP contribution >= 0.6 is 7.82 Å². The molecule has 0 radical (unpaired) electrons. The van der Waals surface area contributed by atoms with Crippen LogP contribution in [0.2, 0.25) is 0 Å². The molecular formula is C64H101O11P. The number of rotatable bonds is 51. The predicted molar refractivity (Wildman–Crippen MR) is 316 cm³/mol. The van der Waals surface area contributed by atoms with Crippen LogP contribution in [0.5, 0.6) is 0 Å². The Labute approximate surface area is 461 Å². The lowest BCUT2D eigenvalue weighted by Gasteiger charge is -2.21. The van der Waals surface area contributed by atoms with Crippen LogP contribution in [0.3, 0.4) is 0 Å². The number of phosphoric acid groups is 1. The Hall–Kier alpha value is -4.64. The van der Waals surface area contributed by atoms with Gasteiger partial charge in [0.2, 0.25) is 0 Å². The summed E-state index contributed by atoms with van der Waals surface area (Å²) in [5, 5.41) is 9.82. The molecule has 2 N–H and O–H groups in total. The van der Waals surface area contributed by atoms with Crippen molar-refractivity contribution in [1.82, 2.24) is 0 Å². The molecule has 0 saturated carbocycles. The van der Waals surface area contributed by atoms with Gasteiger partial charge >= 0.3 is 25.7 Å². The number of hydrogen-bond acceptors (Lipinski definition) is 10. The van der Waals surface area contributed by atoms with Crippen molar-refractivity contribution in [3.05, 3.63) is 146 Å². The second-order valence-electron chi connectivity index (χ2n) is 18.3. The number of hydrogen-bond donors (Lipinski definition) is 2. The van der Waals surface area contributed by atoms with Crippen LogP contribution in [0, 0.1) is 0 Å². The second kappa shape index (κ2) is 56.6. The second-order valence-corrected chi connectivity index (χ2v) is 19.8. The van der Waals surface area contributed by atoms with E-state index in [-0.39, 0.29) is 25.9 Å². The first kappa shape index (κ1) is 71.4. The standard InChI is InChI=1S/C64H101O11P/c1-4-7-10-13-16-19-22-24-26-28-30-32-34-36-39-42-45-48-51-54-63(67)74-60(56-65)58-72-76(69,70)73-59-61(57-71-62(66)53-50-47-44-41-38-21-18-15-12-9-6-3)75-64(68)55-52-49-46-43-40-37-35-33-31-29-27-25-23-20-17-14-11-8-5-2/h7-8,10-11,15-20,24-27,30-33,36-37,39-40,46,49,60-61,65H,4-6,9,12-14,21-23,28-29,34-35,38,41-45,47-48,50-59H2,1-3H3,(H,69,70)/b10-7-,11-8-,18-15-,19-16-,20-17-,26-24-,27-25-,32-30-,33-31-,39-36-,40-37-,49-46-. The van der Waals surface area contributed by atoms with Crippen LogP contribution < -0.4 is 0 Å². The van der Waals surface area contributed by atoms with E-state index in [9.17, 15) is 28.9 Å². The zero-order valence-corrected chi connectivity index (χ0v) is 48.0. The third kappa shape index (κ3) is 54.2. The summed E-state index contributed by atoms with van der Waals surface area (Å²) in [5.41, 5.74) is 0. The Kier molecular flexibility index (Phi) is 53.1. The van der Waals surface area contributed by atoms with Crippen molar-refractivity contribution >= 4 is 25.7 Å². The lowest BCUT2D eigenvalue weighted by molar-refractivity contribution is -0.161. The number of carbonyl (C=O) groups excluding carboxylic acids is 3. The minimum Gasteiger partial charge on any atom is -0.462 e. The molecule has 0 bridgehead atoms. The number of carbonyl (C=O) groups is 3. The maximum Gasteiger partial charge on any atom is 0.472 e. The van der Waals surface area contributed by atoms with Crippen molar-refractivity contribution in [2.45, 2.75) is 213 Å². The highest BCUT2D eigenvalue weighted by Gasteiger charge is 2.28. The van der Waals surface area contributed by atoms with E-state index in [1.54, 1.807) is 0 Å². The zero-order valence-electron chi connectivity index (χ0n) is 47.2. The molecular weight excluding hydrogens is 976 g/mol. The Bertz CT molecular complexity index is 1830. The fraction of sp³-hybridized carbons (Fsp3) is 0.578. The van der Waals surface area contributed by atoms with E-state index < -0.39 is 57.8 Å². The average molecular weight is 1080 g/mol. The molecule has 11 nitrogen and oxygen atoms in total. The predicted octanol–water partition coefficient (Wildman–Crippen LogP) is 17.1. The van der Waals surface area contributed by atoms with Crippen LogP contribution in [0.1, 0.15) is 201 Å². The summed E-state index contributed by atoms with van der Waals surface area (Å²) in [6.07, 6.45) is 72.5. The molecule has 0 spiro atoms. The quantitative estimate of drug-likeness (QED) is 0.0197. The molecule has 3 atom stereocenters. The smallest absolute Gasteiger partial charge is 0.462 e. The molecule has 0 aliphatic carbocycles. The van der Waals surface area contributed by atoms with Crippen LogP contribution in [-0.2, 0) is 42.2 Å². The molecule has 0 aromatic carbocycles. The topological polar surface area (TPSA) is 155 Å². The molecule has 0 aliphatic heterocycles. The fourth-order valence-electron chi connectivity index (χ4n) is 6.92. The van der Waals surface area contributed by atoms with Crippen molar-refractivity contribution in [2.75, 3.05) is 26.4 Å². The maximum atomic E-state index is 12.9. The molecule has 0 rings (SSSR count). The Morgan fingerprint density at radius 1 is 0.382 bits per heavy atom. The van der Waals surface area contributed by atoms with Gasteiger partial charge < -0.3 is 24.2 Å². The van der Waals surface area contributed by atoms with E-state index in [0.717, 1.165) is 122 Å². The van der Waals surface area contributed by atoms with Gasteiger partial charge in [-0.3, -0.25) is 23.4 Å². The molecule has 0 aromatic heterocycles. The van der Waals surface area contributed by atoms with Gasteiger partial charge in [-0.2, -0.15) is 0 Å². The third-order valence-corrected chi connectivity index (χ3v) is 12.2. The molecule has 0 saturated heterocycles. The normalized spacial score (nSPS) is 14.4. The number of allylic oxidation sites excluding steroid dienone is 24. The minimum atomic E-state index is -4.79. The summed E-state index contributed by atoms with van der Waals surface area (Å²) < 4.78 is 39.4. The van der Waals surface area contributed by atoms with E-state index in [2.05, 4.69) is 154 Å². The number of esters is 3. The van der Waals surface area contributed by atoms with Crippen molar-refractivity contribution in [2.24, 2.45) is 0 Å². The van der Waals surface area contributed by atoms with E-state index in [0.29, 0.717) is 25.7 Å². The van der Waals surface area contributed by atoms with E-state index in [1.165, 1.54) is 12.8 Å². The van der Waals surface area contributed by atoms with Crippen LogP contribution in [0.4, 0.5) is 0 Å². The fourth-order valence-corrected chi connectivity index (χ4v) is 7.70. The summed E-state index contributed by atoms with van der Waals surface area (Å²) >= 11 is 0. The van der Waals surface area contributed by atoms with Crippen molar-refractivity contribution < 1.29 is 52.2 Å². The molecule has 3 unspecified atom stereocenters. The van der Waals surface area contributed by atoms with Gasteiger partial charge in [-0.1, -0.05) is 205 Å². The highest BCUT2D eigenvalue weighted by Crippen LogP contribution is 2.43. The summed E-state index contributed by atoms with van der Waals surface area (Å²) in [7, 11) is -4.79. The number of phosphoric ester groups is 1. The first-order valence-electron chi connectivity index (χ1n) is 28.7. The van der Waals surface area contributed by atoms with Crippen molar-refractivity contribution in [3.8, 4) is 0 Å².